The van der Waals surface area contributed by atoms with Gasteiger partial charge in [0.2, 0.25) is 0 Å². The molecule has 0 saturated carbocycles. The van der Waals surface area contributed by atoms with Gasteiger partial charge in [0.15, 0.2) is 0 Å². The van der Waals surface area contributed by atoms with Crippen molar-refractivity contribution in [3.05, 3.63) is 24.0 Å². The molecule has 2 aliphatic heterocycles. The summed E-state index contributed by atoms with van der Waals surface area (Å²) < 4.78 is 0. The molecule has 0 radical (unpaired) electrons. The Morgan fingerprint density at radius 3 is 3.00 bits per heavy atom. The van der Waals surface area contributed by atoms with Gasteiger partial charge in [-0.2, -0.15) is 0 Å². The number of nitrogens with zero attached hydrogens (tertiary/aromatic N) is 2. The molecule has 0 atom stereocenters. The van der Waals surface area contributed by atoms with Crippen LogP contribution in [0.3, 0.4) is 0 Å². The molecule has 0 unspecified atom stereocenters. The minimum absolute atomic E-state index is 0.394. The maximum atomic E-state index is 4.18. The topological polar surface area (TPSA) is 28.2 Å². The van der Waals surface area contributed by atoms with Crippen LogP contribution in [-0.2, 0) is 5.41 Å². The zero-order valence-electron chi connectivity index (χ0n) is 9.16. The van der Waals surface area contributed by atoms with Crippen molar-refractivity contribution in [2.24, 2.45) is 0 Å². The lowest BCUT2D eigenvalue weighted by Crippen LogP contribution is -2.42. The Morgan fingerprint density at radius 1 is 1.40 bits per heavy atom. The third-order valence-electron chi connectivity index (χ3n) is 3.95. The molecule has 1 aromatic heterocycles. The number of pyridine rings is 1. The molecule has 1 saturated heterocycles. The molecule has 0 aliphatic carbocycles. The highest BCUT2D eigenvalue weighted by Gasteiger charge is 2.40. The standard InChI is InChI=1S/C12H17N3/c1-15-6-3-12(4-7-15)9-14-11-8-13-5-2-10(11)12/h2,5,8,14H,3-4,6-7,9H2,1H3. The number of aromatic nitrogens is 1. The van der Waals surface area contributed by atoms with Crippen LogP contribution in [0, 0.1) is 0 Å². The first-order valence-electron chi connectivity index (χ1n) is 5.67. The van der Waals surface area contributed by atoms with Crippen molar-refractivity contribution < 1.29 is 0 Å². The van der Waals surface area contributed by atoms with Crippen LogP contribution in [0.1, 0.15) is 18.4 Å². The summed E-state index contributed by atoms with van der Waals surface area (Å²) >= 11 is 0. The van der Waals surface area contributed by atoms with Gasteiger partial charge in [0.1, 0.15) is 0 Å². The van der Waals surface area contributed by atoms with Gasteiger partial charge in [-0.25, -0.2) is 0 Å². The fourth-order valence-electron chi connectivity index (χ4n) is 2.85. The Kier molecular flexibility index (Phi) is 1.96. The first kappa shape index (κ1) is 9.16. The fraction of sp³-hybridized carbons (Fsp3) is 0.583. The van der Waals surface area contributed by atoms with Crippen molar-refractivity contribution in [2.45, 2.75) is 18.3 Å². The number of likely N-dealkylation sites (tertiary alicyclic amines) is 1. The van der Waals surface area contributed by atoms with Crippen LogP contribution in [0.2, 0.25) is 0 Å². The quantitative estimate of drug-likeness (QED) is 0.692. The minimum atomic E-state index is 0.394. The summed E-state index contributed by atoms with van der Waals surface area (Å²) in [5, 5.41) is 3.49. The molecule has 3 heterocycles. The summed E-state index contributed by atoms with van der Waals surface area (Å²) in [5.41, 5.74) is 3.14. The molecule has 3 heteroatoms. The molecule has 80 valence electrons. The smallest absolute Gasteiger partial charge is 0.0565 e. The minimum Gasteiger partial charge on any atom is -0.383 e. The molecule has 1 spiro atoms. The molecule has 0 aromatic carbocycles. The molecule has 1 N–H and O–H groups in total. The van der Waals surface area contributed by atoms with E-state index in [1.807, 2.05) is 12.4 Å². The molecule has 0 bridgehead atoms. The third-order valence-corrected chi connectivity index (χ3v) is 3.95. The van der Waals surface area contributed by atoms with E-state index >= 15 is 0 Å². The average molecular weight is 203 g/mol. The monoisotopic (exact) mass is 203 g/mol. The molecule has 3 rings (SSSR count). The number of fused-ring (bicyclic) bond motifs is 2. The molecular formula is C12H17N3. The summed E-state index contributed by atoms with van der Waals surface area (Å²) in [7, 11) is 2.21. The van der Waals surface area contributed by atoms with E-state index in [-0.39, 0.29) is 0 Å². The number of piperidine rings is 1. The molecule has 1 aromatic rings. The van der Waals surface area contributed by atoms with Gasteiger partial charge in [0, 0.05) is 18.2 Å². The summed E-state index contributed by atoms with van der Waals surface area (Å²) in [4.78, 5) is 6.60. The number of rotatable bonds is 0. The molecule has 0 amide bonds. The zero-order valence-corrected chi connectivity index (χ0v) is 9.16. The lowest BCUT2D eigenvalue weighted by atomic mass is 9.75. The molecular weight excluding hydrogens is 186 g/mol. The maximum absolute atomic E-state index is 4.18. The number of nitrogens with one attached hydrogen (secondary N) is 1. The van der Waals surface area contributed by atoms with Crippen molar-refractivity contribution in [1.82, 2.24) is 9.88 Å². The van der Waals surface area contributed by atoms with E-state index in [9.17, 15) is 0 Å². The van der Waals surface area contributed by atoms with Gasteiger partial charge in [-0.3, -0.25) is 4.98 Å². The summed E-state index contributed by atoms with van der Waals surface area (Å²) in [6.07, 6.45) is 6.43. The Labute approximate surface area is 90.5 Å². The van der Waals surface area contributed by atoms with E-state index in [4.69, 9.17) is 0 Å². The molecule has 1 fully saturated rings. The van der Waals surface area contributed by atoms with E-state index in [0.717, 1.165) is 6.54 Å². The van der Waals surface area contributed by atoms with Crippen LogP contribution >= 0.6 is 0 Å². The van der Waals surface area contributed by atoms with E-state index in [1.165, 1.54) is 37.2 Å². The molecule has 3 nitrogen and oxygen atoms in total. The SMILES string of the molecule is CN1CCC2(CC1)CNc1cnccc12. The highest BCUT2D eigenvalue weighted by Crippen LogP contribution is 2.43. The second-order valence-corrected chi connectivity index (χ2v) is 4.86. The van der Waals surface area contributed by atoms with Gasteiger partial charge >= 0.3 is 0 Å². The van der Waals surface area contributed by atoms with Crippen molar-refractivity contribution in [1.29, 1.82) is 0 Å². The highest BCUT2D eigenvalue weighted by atomic mass is 15.1. The predicted octanol–water partition coefficient (Wildman–Crippen LogP) is 1.47. The fourth-order valence-corrected chi connectivity index (χ4v) is 2.85. The second kappa shape index (κ2) is 3.20. The Bertz CT molecular complexity index is 367. The Balaban J connectivity index is 1.95. The van der Waals surface area contributed by atoms with Gasteiger partial charge in [0.05, 0.1) is 11.9 Å². The Morgan fingerprint density at radius 2 is 2.20 bits per heavy atom. The van der Waals surface area contributed by atoms with Crippen molar-refractivity contribution in [3.63, 3.8) is 0 Å². The summed E-state index contributed by atoms with van der Waals surface area (Å²) in [6, 6.07) is 2.20. The summed E-state index contributed by atoms with van der Waals surface area (Å²) in [5.74, 6) is 0. The number of hydrogen-bond donors (Lipinski definition) is 1. The van der Waals surface area contributed by atoms with Gasteiger partial charge in [-0.1, -0.05) is 0 Å². The average Bonchev–Trinajstić information content (AvgIpc) is 2.63. The lowest BCUT2D eigenvalue weighted by molar-refractivity contribution is 0.200. The van der Waals surface area contributed by atoms with Gasteiger partial charge in [0.25, 0.3) is 0 Å². The maximum Gasteiger partial charge on any atom is 0.0565 e. The van der Waals surface area contributed by atoms with Crippen molar-refractivity contribution in [2.75, 3.05) is 32.0 Å². The van der Waals surface area contributed by atoms with Gasteiger partial charge in [-0.15, -0.1) is 0 Å². The highest BCUT2D eigenvalue weighted by molar-refractivity contribution is 5.58. The van der Waals surface area contributed by atoms with E-state index in [0.29, 0.717) is 5.41 Å². The van der Waals surface area contributed by atoms with E-state index < -0.39 is 0 Å². The Hall–Kier alpha value is -1.09. The molecule has 2 aliphatic rings. The van der Waals surface area contributed by atoms with Crippen LogP contribution in [0.4, 0.5) is 5.69 Å². The van der Waals surface area contributed by atoms with Crippen molar-refractivity contribution in [3.8, 4) is 0 Å². The van der Waals surface area contributed by atoms with E-state index in [1.54, 1.807) is 0 Å². The lowest BCUT2D eigenvalue weighted by Gasteiger charge is -2.37. The van der Waals surface area contributed by atoms with Crippen LogP contribution in [0.15, 0.2) is 18.5 Å². The van der Waals surface area contributed by atoms with E-state index in [2.05, 4.69) is 28.3 Å². The van der Waals surface area contributed by atoms with Gasteiger partial charge < -0.3 is 10.2 Å². The predicted molar refractivity (Wildman–Crippen MR) is 61.1 cm³/mol. The van der Waals surface area contributed by atoms with Crippen molar-refractivity contribution >= 4 is 5.69 Å². The third kappa shape index (κ3) is 1.34. The van der Waals surface area contributed by atoms with Crippen LogP contribution in [-0.4, -0.2) is 36.6 Å². The number of hydrogen-bond acceptors (Lipinski definition) is 3. The molecule has 15 heavy (non-hydrogen) atoms. The van der Waals surface area contributed by atoms with Crippen LogP contribution in [0.25, 0.3) is 0 Å². The van der Waals surface area contributed by atoms with Crippen LogP contribution < -0.4 is 5.32 Å². The number of anilines is 1. The first-order chi connectivity index (χ1) is 7.30. The first-order valence-corrected chi connectivity index (χ1v) is 5.67. The largest absolute Gasteiger partial charge is 0.383 e. The second-order valence-electron chi connectivity index (χ2n) is 4.86. The normalized spacial score (nSPS) is 23.8. The van der Waals surface area contributed by atoms with Gasteiger partial charge in [-0.05, 0) is 44.6 Å². The summed E-state index contributed by atoms with van der Waals surface area (Å²) in [6.45, 7) is 3.52. The van der Waals surface area contributed by atoms with Crippen LogP contribution in [0.5, 0.6) is 0 Å². The zero-order chi connectivity index (χ0) is 10.3.